The molecule has 0 bridgehead atoms. The van der Waals surface area contributed by atoms with Crippen molar-refractivity contribution in [3.05, 3.63) is 29.3 Å². The molecule has 1 amide bonds. The van der Waals surface area contributed by atoms with E-state index in [1.165, 1.54) is 4.90 Å². The first-order valence-corrected chi connectivity index (χ1v) is 5.06. The third-order valence-electron chi connectivity index (χ3n) is 2.47. The molecule has 1 aliphatic heterocycles. The largest absolute Gasteiger partial charge is 0.428 e. The van der Waals surface area contributed by atoms with E-state index in [0.29, 0.717) is 6.54 Å². The Balaban J connectivity index is 2.32. The Morgan fingerprint density at radius 3 is 2.50 bits per heavy atom. The molecule has 2 rings (SSSR count). The monoisotopic (exact) mass is 216 g/mol. The van der Waals surface area contributed by atoms with Crippen LogP contribution in [0.15, 0.2) is 18.2 Å². The lowest BCUT2D eigenvalue weighted by atomic mass is 10.1. The summed E-state index contributed by atoms with van der Waals surface area (Å²) in [7, 11) is 0. The van der Waals surface area contributed by atoms with Gasteiger partial charge >= 0.3 is 6.09 Å². The Bertz CT molecular complexity index is 456. The second-order valence-electron chi connectivity index (χ2n) is 3.96. The molecule has 0 saturated carbocycles. The Morgan fingerprint density at radius 1 is 1.38 bits per heavy atom. The van der Waals surface area contributed by atoms with E-state index in [4.69, 9.17) is 10.00 Å². The van der Waals surface area contributed by atoms with E-state index in [-0.39, 0.29) is 0 Å². The normalized spacial score (nSPS) is 19.4. The van der Waals surface area contributed by atoms with Crippen molar-refractivity contribution in [3.63, 3.8) is 0 Å². The summed E-state index contributed by atoms with van der Waals surface area (Å²) in [5, 5.41) is 8.70. The van der Waals surface area contributed by atoms with Crippen LogP contribution >= 0.6 is 0 Å². The quantitative estimate of drug-likeness (QED) is 0.722. The first-order chi connectivity index (χ1) is 7.60. The number of amides is 1. The number of anilines is 1. The lowest BCUT2D eigenvalue weighted by Crippen LogP contribution is -2.24. The van der Waals surface area contributed by atoms with Gasteiger partial charge in [-0.2, -0.15) is 5.26 Å². The molecule has 1 aliphatic rings. The predicted molar refractivity (Wildman–Crippen MR) is 59.1 cm³/mol. The van der Waals surface area contributed by atoms with Crippen molar-refractivity contribution in [1.29, 1.82) is 5.26 Å². The number of ether oxygens (including phenoxy) is 1. The van der Waals surface area contributed by atoms with Crippen LogP contribution in [0.5, 0.6) is 0 Å². The molecule has 1 saturated heterocycles. The minimum absolute atomic E-state index is 0.304. The molecule has 1 fully saturated rings. The summed E-state index contributed by atoms with van der Waals surface area (Å²) in [6.45, 7) is 4.25. The third-order valence-corrected chi connectivity index (χ3v) is 2.47. The maximum Gasteiger partial charge on any atom is 0.415 e. The van der Waals surface area contributed by atoms with Crippen molar-refractivity contribution in [1.82, 2.24) is 0 Å². The molecule has 0 spiro atoms. The minimum atomic E-state index is -0.659. The number of hydrogen-bond donors (Lipinski definition) is 0. The van der Waals surface area contributed by atoms with Gasteiger partial charge in [0.15, 0.2) is 0 Å². The molecule has 1 atom stereocenters. The molecule has 0 radical (unpaired) electrons. The molecule has 4 heteroatoms. The number of carbonyl (C=O) groups is 1. The Labute approximate surface area is 94.0 Å². The van der Waals surface area contributed by atoms with Gasteiger partial charge in [-0.15, -0.1) is 0 Å². The molecule has 1 aromatic rings. The van der Waals surface area contributed by atoms with Crippen molar-refractivity contribution in [2.75, 3.05) is 11.4 Å². The fourth-order valence-corrected chi connectivity index (χ4v) is 1.85. The maximum absolute atomic E-state index is 11.5. The number of hydrogen-bond acceptors (Lipinski definition) is 3. The van der Waals surface area contributed by atoms with Crippen LogP contribution in [-0.4, -0.2) is 18.7 Å². The maximum atomic E-state index is 11.5. The van der Waals surface area contributed by atoms with Crippen molar-refractivity contribution in [2.45, 2.75) is 20.0 Å². The third kappa shape index (κ3) is 1.84. The Hall–Kier alpha value is -2.02. The van der Waals surface area contributed by atoms with Gasteiger partial charge in [-0.05, 0) is 37.1 Å². The molecule has 0 N–H and O–H groups in total. The summed E-state index contributed by atoms with van der Waals surface area (Å²) in [4.78, 5) is 13.0. The second kappa shape index (κ2) is 3.86. The predicted octanol–water partition coefficient (Wildman–Crippen LogP) is 2.15. The van der Waals surface area contributed by atoms with E-state index in [1.54, 1.807) is 0 Å². The highest BCUT2D eigenvalue weighted by atomic mass is 16.6. The molecule has 0 aliphatic carbocycles. The zero-order valence-electron chi connectivity index (χ0n) is 9.23. The summed E-state index contributed by atoms with van der Waals surface area (Å²) in [5.74, 6) is 0. The molecule has 82 valence electrons. The number of cyclic esters (lactones) is 1. The van der Waals surface area contributed by atoms with Crippen molar-refractivity contribution < 1.29 is 9.53 Å². The lowest BCUT2D eigenvalue weighted by Gasteiger charge is -2.13. The lowest BCUT2D eigenvalue weighted by molar-refractivity contribution is 0.162. The smallest absolute Gasteiger partial charge is 0.415 e. The van der Waals surface area contributed by atoms with Crippen molar-refractivity contribution in [2.24, 2.45) is 0 Å². The summed E-state index contributed by atoms with van der Waals surface area (Å²) < 4.78 is 4.88. The van der Waals surface area contributed by atoms with Gasteiger partial charge in [0.25, 0.3) is 0 Å². The first-order valence-electron chi connectivity index (χ1n) is 5.06. The number of aryl methyl sites for hydroxylation is 2. The van der Waals surface area contributed by atoms with Gasteiger partial charge in [0.2, 0.25) is 6.10 Å². The topological polar surface area (TPSA) is 53.3 Å². The highest BCUT2D eigenvalue weighted by molar-refractivity contribution is 5.90. The van der Waals surface area contributed by atoms with Gasteiger partial charge in [0.05, 0.1) is 6.54 Å². The summed E-state index contributed by atoms with van der Waals surface area (Å²) >= 11 is 0. The zero-order valence-corrected chi connectivity index (χ0v) is 9.23. The number of carbonyl (C=O) groups excluding carboxylic acids is 1. The van der Waals surface area contributed by atoms with Gasteiger partial charge in [-0.25, -0.2) is 4.79 Å². The first kappa shape index (κ1) is 10.5. The van der Waals surface area contributed by atoms with Gasteiger partial charge in [-0.1, -0.05) is 6.07 Å². The number of nitriles is 1. The van der Waals surface area contributed by atoms with E-state index < -0.39 is 12.2 Å². The van der Waals surface area contributed by atoms with Crippen LogP contribution in [0.1, 0.15) is 11.1 Å². The van der Waals surface area contributed by atoms with Crippen LogP contribution in [0.25, 0.3) is 0 Å². The number of benzene rings is 1. The summed E-state index contributed by atoms with van der Waals surface area (Å²) in [6.07, 6.45) is -1.11. The standard InChI is InChI=1S/C12H12N2O2/c1-8-3-9(2)5-10(4-8)14-7-11(6-13)16-12(14)15/h3-5,11H,7H2,1-2H3. The van der Waals surface area contributed by atoms with Crippen LogP contribution in [0.2, 0.25) is 0 Å². The van der Waals surface area contributed by atoms with Crippen LogP contribution in [0.3, 0.4) is 0 Å². The van der Waals surface area contributed by atoms with E-state index in [1.807, 2.05) is 38.1 Å². The highest BCUT2D eigenvalue weighted by Crippen LogP contribution is 2.23. The molecule has 1 aromatic carbocycles. The van der Waals surface area contributed by atoms with Gasteiger partial charge in [0.1, 0.15) is 6.07 Å². The molecular weight excluding hydrogens is 204 g/mol. The summed E-state index contributed by atoms with van der Waals surface area (Å²) in [6, 6.07) is 7.79. The van der Waals surface area contributed by atoms with Crippen LogP contribution < -0.4 is 4.90 Å². The van der Waals surface area contributed by atoms with E-state index in [2.05, 4.69) is 0 Å². The molecule has 1 heterocycles. The number of nitrogens with zero attached hydrogens (tertiary/aromatic N) is 2. The Kier molecular flexibility index (Phi) is 2.53. The average Bonchev–Trinajstić information content (AvgIpc) is 2.58. The molecule has 0 aromatic heterocycles. The van der Waals surface area contributed by atoms with Crippen LogP contribution in [-0.2, 0) is 4.74 Å². The van der Waals surface area contributed by atoms with E-state index >= 15 is 0 Å². The second-order valence-corrected chi connectivity index (χ2v) is 3.96. The fourth-order valence-electron chi connectivity index (χ4n) is 1.85. The summed E-state index contributed by atoms with van der Waals surface area (Å²) in [5.41, 5.74) is 2.96. The van der Waals surface area contributed by atoms with E-state index in [0.717, 1.165) is 16.8 Å². The van der Waals surface area contributed by atoms with E-state index in [9.17, 15) is 4.79 Å². The average molecular weight is 216 g/mol. The van der Waals surface area contributed by atoms with Crippen molar-refractivity contribution in [3.8, 4) is 6.07 Å². The van der Waals surface area contributed by atoms with Crippen LogP contribution in [0, 0.1) is 25.2 Å². The molecule has 1 unspecified atom stereocenters. The fraction of sp³-hybridized carbons (Fsp3) is 0.333. The zero-order chi connectivity index (χ0) is 11.7. The molecule has 4 nitrogen and oxygen atoms in total. The molecular formula is C12H12N2O2. The van der Waals surface area contributed by atoms with Crippen molar-refractivity contribution >= 4 is 11.8 Å². The van der Waals surface area contributed by atoms with Gasteiger partial charge in [-0.3, -0.25) is 4.90 Å². The van der Waals surface area contributed by atoms with Crippen LogP contribution in [0.4, 0.5) is 10.5 Å². The van der Waals surface area contributed by atoms with Gasteiger partial charge in [0, 0.05) is 5.69 Å². The Morgan fingerprint density at radius 2 is 2.00 bits per heavy atom. The molecule has 16 heavy (non-hydrogen) atoms. The SMILES string of the molecule is Cc1cc(C)cc(N2CC(C#N)OC2=O)c1. The number of rotatable bonds is 1. The highest BCUT2D eigenvalue weighted by Gasteiger charge is 2.32. The minimum Gasteiger partial charge on any atom is -0.428 e. The van der Waals surface area contributed by atoms with Gasteiger partial charge < -0.3 is 4.74 Å².